The number of hydrogen-bond donors (Lipinski definition) is 1. The number of aryl methyl sites for hydroxylation is 1. The average molecular weight is 392 g/mol. The molecule has 0 atom stereocenters. The number of rotatable bonds is 5. The standard InChI is InChI=1S/C21H24N6O2/c1-26-18-13-16(24-20-19-15(14-23-20)3-2-6-22-19)4-5-17(18)21(25-26)29-12-9-27-7-10-28-11-8-27/h2-6,13H,7-12,14H2,1H3,(H,23,24). The molecular formula is C21H24N6O2. The lowest BCUT2D eigenvalue weighted by Crippen LogP contribution is -2.38. The van der Waals surface area contributed by atoms with Crippen LogP contribution >= 0.6 is 0 Å². The summed E-state index contributed by atoms with van der Waals surface area (Å²) in [5, 5.41) is 8.97. The van der Waals surface area contributed by atoms with E-state index >= 15 is 0 Å². The van der Waals surface area contributed by atoms with Gasteiger partial charge in [0.25, 0.3) is 0 Å². The second-order valence-electron chi connectivity index (χ2n) is 7.26. The lowest BCUT2D eigenvalue weighted by atomic mass is 10.2. The fourth-order valence-corrected chi connectivity index (χ4v) is 3.76. The molecule has 0 unspecified atom stereocenters. The van der Waals surface area contributed by atoms with Crippen molar-refractivity contribution in [2.24, 2.45) is 12.0 Å². The molecule has 2 aliphatic rings. The maximum Gasteiger partial charge on any atom is 0.240 e. The Morgan fingerprint density at radius 3 is 3.00 bits per heavy atom. The van der Waals surface area contributed by atoms with E-state index in [4.69, 9.17) is 9.47 Å². The quantitative estimate of drug-likeness (QED) is 0.716. The van der Waals surface area contributed by atoms with Gasteiger partial charge in [-0.3, -0.25) is 19.6 Å². The van der Waals surface area contributed by atoms with Crippen LogP contribution in [0.4, 0.5) is 5.69 Å². The minimum Gasteiger partial charge on any atom is -0.475 e. The summed E-state index contributed by atoms with van der Waals surface area (Å²) >= 11 is 0. The molecule has 0 radical (unpaired) electrons. The zero-order valence-corrected chi connectivity index (χ0v) is 16.5. The second-order valence-corrected chi connectivity index (χ2v) is 7.26. The van der Waals surface area contributed by atoms with Crippen molar-refractivity contribution >= 4 is 22.4 Å². The molecule has 0 saturated carbocycles. The Balaban J connectivity index is 1.29. The number of aromatic nitrogens is 3. The molecule has 4 heterocycles. The Kier molecular flexibility index (Phi) is 4.87. The monoisotopic (exact) mass is 392 g/mol. The van der Waals surface area contributed by atoms with Gasteiger partial charge in [-0.25, -0.2) is 0 Å². The van der Waals surface area contributed by atoms with Gasteiger partial charge in [-0.1, -0.05) is 6.07 Å². The summed E-state index contributed by atoms with van der Waals surface area (Å²) in [6.07, 6.45) is 1.80. The van der Waals surface area contributed by atoms with E-state index in [1.165, 1.54) is 0 Å². The van der Waals surface area contributed by atoms with Crippen LogP contribution in [0.3, 0.4) is 0 Å². The van der Waals surface area contributed by atoms with Gasteiger partial charge in [0, 0.05) is 44.1 Å². The van der Waals surface area contributed by atoms with Crippen LogP contribution in [-0.2, 0) is 18.3 Å². The molecule has 150 valence electrons. The predicted molar refractivity (Wildman–Crippen MR) is 112 cm³/mol. The number of hydrogen-bond acceptors (Lipinski definition) is 7. The Labute approximate surface area is 169 Å². The summed E-state index contributed by atoms with van der Waals surface area (Å²) in [5.41, 5.74) is 4.03. The van der Waals surface area contributed by atoms with E-state index in [2.05, 4.69) is 37.4 Å². The predicted octanol–water partition coefficient (Wildman–Crippen LogP) is 2.05. The van der Waals surface area contributed by atoms with E-state index in [0.29, 0.717) is 19.0 Å². The molecule has 8 heteroatoms. The van der Waals surface area contributed by atoms with E-state index in [1.54, 1.807) is 6.20 Å². The number of anilines is 1. The maximum absolute atomic E-state index is 5.99. The van der Waals surface area contributed by atoms with Crippen LogP contribution in [0.5, 0.6) is 5.88 Å². The van der Waals surface area contributed by atoms with Gasteiger partial charge in [-0.05, 0) is 24.3 Å². The van der Waals surface area contributed by atoms with E-state index < -0.39 is 0 Å². The van der Waals surface area contributed by atoms with Gasteiger partial charge < -0.3 is 14.8 Å². The van der Waals surface area contributed by atoms with Crippen LogP contribution in [0, 0.1) is 0 Å². The first-order valence-electron chi connectivity index (χ1n) is 9.93. The molecule has 8 nitrogen and oxygen atoms in total. The zero-order valence-electron chi connectivity index (χ0n) is 16.5. The van der Waals surface area contributed by atoms with E-state index in [1.807, 2.05) is 29.9 Å². The fourth-order valence-electron chi connectivity index (χ4n) is 3.76. The Morgan fingerprint density at radius 1 is 1.21 bits per heavy atom. The number of nitrogens with zero attached hydrogens (tertiary/aromatic N) is 5. The topological polar surface area (TPSA) is 76.8 Å². The first-order valence-corrected chi connectivity index (χ1v) is 9.93. The second kappa shape index (κ2) is 7.81. The van der Waals surface area contributed by atoms with Gasteiger partial charge in [0.15, 0.2) is 5.84 Å². The molecule has 1 saturated heterocycles. The number of morpholine rings is 1. The highest BCUT2D eigenvalue weighted by Gasteiger charge is 2.18. The lowest BCUT2D eigenvalue weighted by Gasteiger charge is -2.26. The van der Waals surface area contributed by atoms with Gasteiger partial charge in [0.2, 0.25) is 5.88 Å². The van der Waals surface area contributed by atoms with Gasteiger partial charge >= 0.3 is 0 Å². The maximum atomic E-state index is 5.99. The first kappa shape index (κ1) is 18.1. The molecule has 1 aromatic carbocycles. The van der Waals surface area contributed by atoms with E-state index in [0.717, 1.165) is 66.5 Å². The van der Waals surface area contributed by atoms with E-state index in [9.17, 15) is 0 Å². The summed E-state index contributed by atoms with van der Waals surface area (Å²) < 4.78 is 13.2. The first-order chi connectivity index (χ1) is 14.3. The van der Waals surface area contributed by atoms with Crippen molar-refractivity contribution in [1.82, 2.24) is 19.7 Å². The third kappa shape index (κ3) is 3.68. The number of nitrogens with one attached hydrogen (secondary N) is 1. The minimum atomic E-state index is 0.616. The molecule has 29 heavy (non-hydrogen) atoms. The number of amidine groups is 1. The summed E-state index contributed by atoms with van der Waals surface area (Å²) in [4.78, 5) is 11.4. The highest BCUT2D eigenvalue weighted by atomic mass is 16.5. The molecule has 1 fully saturated rings. The van der Waals surface area contributed by atoms with Crippen LogP contribution in [0.2, 0.25) is 0 Å². The molecular weight excluding hydrogens is 368 g/mol. The van der Waals surface area contributed by atoms with Crippen molar-refractivity contribution in [2.45, 2.75) is 6.54 Å². The van der Waals surface area contributed by atoms with Crippen LogP contribution in [0.15, 0.2) is 41.5 Å². The molecule has 5 rings (SSSR count). The SMILES string of the molecule is Cn1nc(OCCN2CCOCC2)c2ccc(NC3=NCc4cccnc43)cc21. The van der Waals surface area contributed by atoms with Crippen molar-refractivity contribution in [1.29, 1.82) is 0 Å². The number of aliphatic imine (C=N–C) groups is 1. The van der Waals surface area contributed by atoms with Crippen molar-refractivity contribution in [2.75, 3.05) is 44.8 Å². The van der Waals surface area contributed by atoms with Crippen molar-refractivity contribution in [3.8, 4) is 5.88 Å². The lowest BCUT2D eigenvalue weighted by molar-refractivity contribution is 0.0320. The number of fused-ring (bicyclic) bond motifs is 2. The largest absolute Gasteiger partial charge is 0.475 e. The van der Waals surface area contributed by atoms with Crippen molar-refractivity contribution in [3.05, 3.63) is 47.8 Å². The molecule has 1 N–H and O–H groups in total. The summed E-state index contributed by atoms with van der Waals surface area (Å²) in [6.45, 7) is 5.69. The number of pyridine rings is 1. The highest BCUT2D eigenvalue weighted by Crippen LogP contribution is 2.28. The highest BCUT2D eigenvalue weighted by molar-refractivity contribution is 6.09. The van der Waals surface area contributed by atoms with Crippen LogP contribution in [-0.4, -0.2) is 65.0 Å². The smallest absolute Gasteiger partial charge is 0.240 e. The van der Waals surface area contributed by atoms with Crippen LogP contribution < -0.4 is 10.1 Å². The summed E-state index contributed by atoms with van der Waals surface area (Å²) in [7, 11) is 1.94. The molecule has 0 bridgehead atoms. The number of ether oxygens (including phenoxy) is 2. The molecule has 0 aliphatic carbocycles. The molecule has 2 aliphatic heterocycles. The third-order valence-electron chi connectivity index (χ3n) is 5.35. The van der Waals surface area contributed by atoms with Gasteiger partial charge in [0.05, 0.1) is 30.7 Å². The Morgan fingerprint density at radius 2 is 2.10 bits per heavy atom. The fraction of sp³-hybridized carbons (Fsp3) is 0.381. The summed E-state index contributed by atoms with van der Waals surface area (Å²) in [5.74, 6) is 1.48. The molecule has 3 aromatic rings. The van der Waals surface area contributed by atoms with Gasteiger partial charge in [-0.2, -0.15) is 0 Å². The minimum absolute atomic E-state index is 0.616. The van der Waals surface area contributed by atoms with Crippen LogP contribution in [0.25, 0.3) is 10.9 Å². The van der Waals surface area contributed by atoms with Gasteiger partial charge in [0.1, 0.15) is 12.3 Å². The zero-order chi connectivity index (χ0) is 19.6. The normalized spacial score (nSPS) is 16.7. The average Bonchev–Trinajstić information content (AvgIpc) is 3.30. The summed E-state index contributed by atoms with van der Waals surface area (Å²) in [6, 6.07) is 10.2. The molecule has 0 spiro atoms. The van der Waals surface area contributed by atoms with Crippen molar-refractivity contribution < 1.29 is 9.47 Å². The Bertz CT molecular complexity index is 1050. The van der Waals surface area contributed by atoms with Crippen LogP contribution in [0.1, 0.15) is 11.3 Å². The van der Waals surface area contributed by atoms with Crippen molar-refractivity contribution in [3.63, 3.8) is 0 Å². The molecule has 0 amide bonds. The van der Waals surface area contributed by atoms with Gasteiger partial charge in [-0.15, -0.1) is 5.10 Å². The number of benzene rings is 1. The third-order valence-corrected chi connectivity index (χ3v) is 5.35. The van der Waals surface area contributed by atoms with E-state index in [-0.39, 0.29) is 0 Å². The Hall–Kier alpha value is -2.97. The molecule has 2 aromatic heterocycles.